The van der Waals surface area contributed by atoms with Crippen LogP contribution in [0.25, 0.3) is 0 Å². The summed E-state index contributed by atoms with van der Waals surface area (Å²) in [7, 11) is 2.69. The van der Waals surface area contributed by atoms with Gasteiger partial charge in [-0.15, -0.1) is 0 Å². The van der Waals surface area contributed by atoms with Crippen molar-refractivity contribution in [1.82, 2.24) is 0 Å². The van der Waals surface area contributed by atoms with Gasteiger partial charge in [0.1, 0.15) is 0 Å². The molecule has 2 fully saturated rings. The van der Waals surface area contributed by atoms with Crippen LogP contribution >= 0.6 is 17.2 Å². The zero-order chi connectivity index (χ0) is 8.81. The monoisotopic (exact) mass is 250 g/mol. The minimum atomic E-state index is 0. The molecule has 2 heterocycles. The summed E-state index contributed by atoms with van der Waals surface area (Å²) in [4.78, 5) is 0. The van der Waals surface area contributed by atoms with Crippen molar-refractivity contribution in [2.75, 3.05) is 0 Å². The van der Waals surface area contributed by atoms with E-state index in [2.05, 4.69) is 38.5 Å². The Morgan fingerprint density at radius 3 is 1.46 bits per heavy atom. The first-order chi connectivity index (χ1) is 5.80. The summed E-state index contributed by atoms with van der Waals surface area (Å²) in [5.74, 6) is 2.86. The molecular weight excluding hydrogens is 238 g/mol. The summed E-state index contributed by atoms with van der Waals surface area (Å²) < 4.78 is 0. The molecule has 10 radical (unpaired) electrons. The summed E-state index contributed by atoms with van der Waals surface area (Å²) in [6.07, 6.45) is 12.7. The van der Waals surface area contributed by atoms with Crippen LogP contribution in [0.5, 0.6) is 0 Å². The van der Waals surface area contributed by atoms with Gasteiger partial charge in [-0.2, -0.15) is 0 Å². The maximum atomic E-state index is 2.22. The second kappa shape index (κ2) is 8.67. The van der Waals surface area contributed by atoms with Crippen molar-refractivity contribution < 1.29 is 17.1 Å². The van der Waals surface area contributed by atoms with E-state index in [0.717, 1.165) is 0 Å². The predicted molar refractivity (Wildman–Crippen MR) is 57.5 cm³/mol. The van der Waals surface area contributed by atoms with Crippen molar-refractivity contribution in [3.8, 4) is 0 Å². The van der Waals surface area contributed by atoms with Crippen LogP contribution in [-0.2, 0) is 17.1 Å². The summed E-state index contributed by atoms with van der Waals surface area (Å²) in [6, 6.07) is 0. The SMILES string of the molecule is C[C]1[CH][P][CH][C]1C.[CH]1[CH][CH][P][CH]1.[Fe]. The second-order valence-electron chi connectivity index (χ2n) is 2.61. The van der Waals surface area contributed by atoms with Crippen LogP contribution in [0.15, 0.2) is 0 Å². The molecule has 0 bridgehead atoms. The van der Waals surface area contributed by atoms with Crippen molar-refractivity contribution in [1.29, 1.82) is 0 Å². The molecule has 13 heavy (non-hydrogen) atoms. The molecule has 0 aromatic heterocycles. The van der Waals surface area contributed by atoms with Crippen molar-refractivity contribution in [3.05, 3.63) is 49.3 Å². The van der Waals surface area contributed by atoms with Gasteiger partial charge in [0.05, 0.1) is 0 Å². The molecule has 0 nitrogen and oxygen atoms in total. The van der Waals surface area contributed by atoms with E-state index in [9.17, 15) is 0 Å². The Morgan fingerprint density at radius 2 is 1.31 bits per heavy atom. The van der Waals surface area contributed by atoms with Crippen LogP contribution in [-0.4, -0.2) is 0 Å². The van der Waals surface area contributed by atoms with E-state index in [-0.39, 0.29) is 17.1 Å². The van der Waals surface area contributed by atoms with Gasteiger partial charge in [-0.05, 0) is 49.3 Å². The van der Waals surface area contributed by atoms with Crippen LogP contribution in [0.3, 0.4) is 0 Å². The van der Waals surface area contributed by atoms with E-state index in [1.165, 1.54) is 29.0 Å². The fourth-order valence-electron chi connectivity index (χ4n) is 0.713. The Kier molecular flexibility index (Phi) is 9.59. The van der Waals surface area contributed by atoms with Gasteiger partial charge in [0.25, 0.3) is 0 Å². The molecule has 2 aliphatic heterocycles. The number of hydrogen-bond donors (Lipinski definition) is 0. The summed E-state index contributed by atoms with van der Waals surface area (Å²) >= 11 is 0. The first-order valence-electron chi connectivity index (χ1n) is 3.86. The number of hydrogen-bond acceptors (Lipinski definition) is 0. The maximum Gasteiger partial charge on any atom is 0 e. The van der Waals surface area contributed by atoms with E-state index in [1.807, 2.05) is 12.8 Å². The fourth-order valence-corrected chi connectivity index (χ4v) is 2.14. The minimum absolute atomic E-state index is 0. The molecule has 0 saturated carbocycles. The molecular formula is C10H12FeP2. The molecule has 0 aliphatic carbocycles. The molecule has 0 amide bonds. The third kappa shape index (κ3) is 6.46. The number of rotatable bonds is 0. The zero-order valence-electron chi connectivity index (χ0n) is 7.71. The molecule has 0 N–H and O–H groups in total. The van der Waals surface area contributed by atoms with E-state index in [1.54, 1.807) is 0 Å². The summed E-state index contributed by atoms with van der Waals surface area (Å²) in [6.45, 7) is 4.29. The van der Waals surface area contributed by atoms with Gasteiger partial charge < -0.3 is 0 Å². The van der Waals surface area contributed by atoms with Gasteiger partial charge in [-0.3, -0.25) is 0 Å². The first-order valence-corrected chi connectivity index (χ1v) is 5.93. The third-order valence-electron chi connectivity index (χ3n) is 1.61. The normalized spacial score (nSPS) is 23.5. The van der Waals surface area contributed by atoms with Gasteiger partial charge in [-0.25, -0.2) is 0 Å². The zero-order valence-corrected chi connectivity index (χ0v) is 10.6. The predicted octanol–water partition coefficient (Wildman–Crippen LogP) is 4.13. The first kappa shape index (κ1) is 14.4. The summed E-state index contributed by atoms with van der Waals surface area (Å²) in [5.41, 5.74) is 0. The van der Waals surface area contributed by atoms with E-state index in [4.69, 9.17) is 0 Å². The van der Waals surface area contributed by atoms with Crippen molar-refractivity contribution in [2.45, 2.75) is 13.8 Å². The Bertz CT molecular complexity index is 99.9. The van der Waals surface area contributed by atoms with Gasteiger partial charge in [-0.1, -0.05) is 31.0 Å². The fraction of sp³-hybridized carbons (Fsp3) is 0.200. The van der Waals surface area contributed by atoms with E-state index < -0.39 is 0 Å². The van der Waals surface area contributed by atoms with Gasteiger partial charge in [0.15, 0.2) is 0 Å². The van der Waals surface area contributed by atoms with Crippen molar-refractivity contribution >= 4 is 17.2 Å². The van der Waals surface area contributed by atoms with Crippen molar-refractivity contribution in [2.24, 2.45) is 0 Å². The Balaban J connectivity index is 0.000000215. The molecule has 0 aromatic rings. The van der Waals surface area contributed by atoms with Gasteiger partial charge >= 0.3 is 0 Å². The van der Waals surface area contributed by atoms with E-state index in [0.29, 0.717) is 0 Å². The Labute approximate surface area is 97.4 Å². The van der Waals surface area contributed by atoms with Crippen LogP contribution in [0.1, 0.15) is 13.8 Å². The Hall–Kier alpha value is 1.38. The average molecular weight is 250 g/mol. The van der Waals surface area contributed by atoms with Gasteiger partial charge in [0.2, 0.25) is 0 Å². The standard InChI is InChI=1S/C6H8P.C4H4P.Fe/c1-5-3-7-4-6(5)2;1-2-4-5-3-1;/h3-4H,1-2H3;1-4H;. The van der Waals surface area contributed by atoms with E-state index >= 15 is 0 Å². The van der Waals surface area contributed by atoms with Crippen LogP contribution in [0, 0.1) is 49.3 Å². The summed E-state index contributed by atoms with van der Waals surface area (Å²) in [5, 5.41) is 0. The molecule has 3 heteroatoms. The average Bonchev–Trinajstić information content (AvgIpc) is 2.67. The molecule has 0 aromatic carbocycles. The quantitative estimate of drug-likeness (QED) is 0.447. The molecule has 0 atom stereocenters. The van der Waals surface area contributed by atoms with Crippen molar-refractivity contribution in [3.63, 3.8) is 0 Å². The maximum absolute atomic E-state index is 2.22. The molecule has 2 rings (SSSR count). The molecule has 0 unspecified atom stereocenters. The van der Waals surface area contributed by atoms with Gasteiger partial charge in [0, 0.05) is 17.1 Å². The minimum Gasteiger partial charge on any atom is -0.0721 e. The molecule has 70 valence electrons. The van der Waals surface area contributed by atoms with Crippen LogP contribution < -0.4 is 0 Å². The topological polar surface area (TPSA) is 0 Å². The Morgan fingerprint density at radius 1 is 0.846 bits per heavy atom. The second-order valence-corrected chi connectivity index (χ2v) is 4.31. The smallest absolute Gasteiger partial charge is 0 e. The third-order valence-corrected chi connectivity index (χ3v) is 3.38. The molecule has 2 saturated heterocycles. The molecule has 0 spiro atoms. The van der Waals surface area contributed by atoms with Crippen LogP contribution in [0.2, 0.25) is 0 Å². The van der Waals surface area contributed by atoms with Crippen LogP contribution in [0.4, 0.5) is 0 Å². The largest absolute Gasteiger partial charge is 0.0721 e. The molecule has 2 aliphatic rings.